The Morgan fingerprint density at radius 3 is 2.86 bits per heavy atom. The Bertz CT molecular complexity index is 850. The molecule has 1 N–H and O–H groups in total. The third kappa shape index (κ3) is 2.52. The summed E-state index contributed by atoms with van der Waals surface area (Å²) in [5, 5.41) is 4.23. The van der Waals surface area contributed by atoms with E-state index in [4.69, 9.17) is 0 Å². The van der Waals surface area contributed by atoms with Gasteiger partial charge in [0.1, 0.15) is 4.83 Å². The first kappa shape index (κ1) is 14.0. The smallest absolute Gasteiger partial charge is 0.293 e. The summed E-state index contributed by atoms with van der Waals surface area (Å²) in [5.74, 6) is 0.429. The van der Waals surface area contributed by atoms with Crippen LogP contribution in [0.15, 0.2) is 29.1 Å². The van der Waals surface area contributed by atoms with Gasteiger partial charge in [0.2, 0.25) is 0 Å². The number of hydrogen-bond donors (Lipinski definition) is 1. The number of aryl methyl sites for hydroxylation is 1. The molecule has 0 spiro atoms. The van der Waals surface area contributed by atoms with E-state index in [0.29, 0.717) is 12.4 Å². The molecule has 3 rings (SSSR count). The monoisotopic (exact) mass is 302 g/mol. The zero-order valence-electron chi connectivity index (χ0n) is 12.4. The van der Waals surface area contributed by atoms with Crippen LogP contribution in [0.5, 0.6) is 0 Å². The summed E-state index contributed by atoms with van der Waals surface area (Å²) in [6.07, 6.45) is 0. The van der Waals surface area contributed by atoms with Crippen molar-refractivity contribution in [2.24, 2.45) is 7.05 Å². The second-order valence-electron chi connectivity index (χ2n) is 5.31. The van der Waals surface area contributed by atoms with Crippen molar-refractivity contribution in [1.82, 2.24) is 14.5 Å². The molecule has 0 atom stereocenters. The van der Waals surface area contributed by atoms with E-state index in [9.17, 15) is 4.79 Å². The molecule has 0 radical (unpaired) electrons. The highest BCUT2D eigenvalue weighted by Crippen LogP contribution is 2.31. The summed E-state index contributed by atoms with van der Waals surface area (Å²) in [6, 6.07) is 8.09. The van der Waals surface area contributed by atoms with E-state index in [1.807, 2.05) is 39.3 Å². The lowest BCUT2D eigenvalue weighted by molar-refractivity contribution is 0.425. The average Bonchev–Trinajstić information content (AvgIpc) is 2.82. The summed E-state index contributed by atoms with van der Waals surface area (Å²) in [5.41, 5.74) is 0.837. The molecule has 0 saturated carbocycles. The van der Waals surface area contributed by atoms with Gasteiger partial charge in [-0.2, -0.15) is 0 Å². The summed E-state index contributed by atoms with van der Waals surface area (Å²) < 4.78 is 2.85. The van der Waals surface area contributed by atoms with Crippen LogP contribution in [0.2, 0.25) is 0 Å². The minimum absolute atomic E-state index is 0.0789. The van der Waals surface area contributed by atoms with Crippen molar-refractivity contribution in [3.63, 3.8) is 0 Å². The zero-order chi connectivity index (χ0) is 15.0. The largest absolute Gasteiger partial charge is 0.364 e. The maximum atomic E-state index is 12.4. The van der Waals surface area contributed by atoms with E-state index in [1.165, 1.54) is 0 Å². The predicted octanol–water partition coefficient (Wildman–Crippen LogP) is 2.12. The van der Waals surface area contributed by atoms with Gasteiger partial charge < -0.3 is 14.8 Å². The van der Waals surface area contributed by atoms with Gasteiger partial charge in [-0.3, -0.25) is 4.79 Å². The van der Waals surface area contributed by atoms with Crippen molar-refractivity contribution < 1.29 is 0 Å². The molecule has 2 heterocycles. The summed E-state index contributed by atoms with van der Waals surface area (Å²) in [6.45, 7) is 1.56. The molecule has 0 bridgehead atoms. The Hall–Kier alpha value is -1.92. The number of benzene rings is 1. The summed E-state index contributed by atoms with van der Waals surface area (Å²) in [4.78, 5) is 19.9. The highest BCUT2D eigenvalue weighted by atomic mass is 32.1. The highest BCUT2D eigenvalue weighted by molar-refractivity contribution is 7.25. The number of rotatable bonds is 4. The van der Waals surface area contributed by atoms with Crippen molar-refractivity contribution in [1.29, 1.82) is 0 Å². The molecule has 2 aromatic heterocycles. The third-order valence-corrected chi connectivity index (χ3v) is 4.51. The average molecular weight is 302 g/mol. The molecule has 1 aromatic carbocycles. The Labute approximate surface area is 126 Å². The molecular formula is C15H18N4OS. The number of likely N-dealkylation sites (N-methyl/N-ethyl adjacent to an activating group) is 1. The van der Waals surface area contributed by atoms with Crippen molar-refractivity contribution >= 4 is 37.6 Å². The molecule has 0 saturated heterocycles. The molecule has 5 nitrogen and oxygen atoms in total. The minimum Gasteiger partial charge on any atom is -0.364 e. The fourth-order valence-electron chi connectivity index (χ4n) is 2.34. The van der Waals surface area contributed by atoms with Gasteiger partial charge in [0.05, 0.1) is 5.52 Å². The Morgan fingerprint density at radius 2 is 2.10 bits per heavy atom. The normalized spacial score (nSPS) is 11.6. The van der Waals surface area contributed by atoms with Gasteiger partial charge in [-0.25, -0.2) is 4.98 Å². The van der Waals surface area contributed by atoms with Crippen LogP contribution >= 0.6 is 11.3 Å². The lowest BCUT2D eigenvalue weighted by Gasteiger charge is -2.11. The number of nitrogens with one attached hydrogen (secondary N) is 1. The topological polar surface area (TPSA) is 50.2 Å². The van der Waals surface area contributed by atoms with Crippen LogP contribution in [0.25, 0.3) is 20.4 Å². The maximum Gasteiger partial charge on any atom is 0.293 e. The van der Waals surface area contributed by atoms with E-state index >= 15 is 0 Å². The molecule has 0 aliphatic rings. The van der Waals surface area contributed by atoms with E-state index in [1.54, 1.807) is 15.9 Å². The second kappa shape index (κ2) is 5.46. The van der Waals surface area contributed by atoms with Gasteiger partial charge in [-0.05, 0) is 20.2 Å². The van der Waals surface area contributed by atoms with E-state index < -0.39 is 0 Å². The van der Waals surface area contributed by atoms with Crippen LogP contribution in [0, 0.1) is 0 Å². The van der Waals surface area contributed by atoms with E-state index in [2.05, 4.69) is 21.3 Å². The van der Waals surface area contributed by atoms with Crippen LogP contribution in [-0.4, -0.2) is 41.6 Å². The van der Waals surface area contributed by atoms with Crippen LogP contribution in [0.3, 0.4) is 0 Å². The lowest BCUT2D eigenvalue weighted by Crippen LogP contribution is -2.27. The number of anilines is 1. The zero-order valence-corrected chi connectivity index (χ0v) is 13.2. The van der Waals surface area contributed by atoms with Crippen LogP contribution in [-0.2, 0) is 7.05 Å². The SMILES string of the molecule is CN(C)CCNc1nc2sc3ccccc3c2n(C)c1=O. The van der Waals surface area contributed by atoms with Gasteiger partial charge >= 0.3 is 0 Å². The molecule has 110 valence electrons. The van der Waals surface area contributed by atoms with Gasteiger partial charge in [0.15, 0.2) is 5.82 Å². The van der Waals surface area contributed by atoms with Crippen LogP contribution < -0.4 is 10.9 Å². The van der Waals surface area contributed by atoms with Gasteiger partial charge in [0.25, 0.3) is 5.56 Å². The predicted molar refractivity (Wildman–Crippen MR) is 89.4 cm³/mol. The lowest BCUT2D eigenvalue weighted by atomic mass is 10.2. The molecule has 0 unspecified atom stereocenters. The molecule has 6 heteroatoms. The van der Waals surface area contributed by atoms with Crippen LogP contribution in [0.1, 0.15) is 0 Å². The number of hydrogen-bond acceptors (Lipinski definition) is 5. The first-order chi connectivity index (χ1) is 10.1. The number of thiophene rings is 1. The van der Waals surface area contributed by atoms with Gasteiger partial charge in [-0.1, -0.05) is 18.2 Å². The summed E-state index contributed by atoms with van der Waals surface area (Å²) >= 11 is 1.62. The minimum atomic E-state index is -0.0789. The number of nitrogens with zero attached hydrogens (tertiary/aromatic N) is 3. The Balaban J connectivity index is 2.10. The molecule has 0 fully saturated rings. The van der Waals surface area contributed by atoms with Crippen molar-refractivity contribution in [3.05, 3.63) is 34.6 Å². The van der Waals surface area contributed by atoms with Crippen molar-refractivity contribution in [2.75, 3.05) is 32.5 Å². The summed E-state index contributed by atoms with van der Waals surface area (Å²) in [7, 11) is 5.81. The standard InChI is InChI=1S/C15H18N4OS/c1-18(2)9-8-16-13-15(20)19(3)12-10-6-4-5-7-11(10)21-14(12)17-13/h4-7H,8-9H2,1-3H3,(H,16,17). The van der Waals surface area contributed by atoms with Crippen molar-refractivity contribution in [2.45, 2.75) is 0 Å². The Kier molecular flexibility index (Phi) is 3.65. The molecule has 0 amide bonds. The quantitative estimate of drug-likeness (QED) is 0.802. The van der Waals surface area contributed by atoms with Gasteiger partial charge in [-0.15, -0.1) is 11.3 Å². The highest BCUT2D eigenvalue weighted by Gasteiger charge is 2.13. The number of fused-ring (bicyclic) bond motifs is 3. The maximum absolute atomic E-state index is 12.4. The van der Waals surface area contributed by atoms with Crippen LogP contribution in [0.4, 0.5) is 5.82 Å². The third-order valence-electron chi connectivity index (χ3n) is 3.46. The van der Waals surface area contributed by atoms with Gasteiger partial charge in [0, 0.05) is 30.2 Å². The molecule has 21 heavy (non-hydrogen) atoms. The molecular weight excluding hydrogens is 284 g/mol. The first-order valence-electron chi connectivity index (χ1n) is 6.85. The second-order valence-corrected chi connectivity index (χ2v) is 6.34. The Morgan fingerprint density at radius 1 is 1.33 bits per heavy atom. The first-order valence-corrected chi connectivity index (χ1v) is 7.66. The van der Waals surface area contributed by atoms with E-state index in [-0.39, 0.29) is 5.56 Å². The molecule has 0 aliphatic heterocycles. The fraction of sp³-hybridized carbons (Fsp3) is 0.333. The number of aromatic nitrogens is 2. The van der Waals surface area contributed by atoms with E-state index in [0.717, 1.165) is 27.0 Å². The van der Waals surface area contributed by atoms with Crippen molar-refractivity contribution in [3.8, 4) is 0 Å². The molecule has 0 aliphatic carbocycles. The fourth-order valence-corrected chi connectivity index (χ4v) is 3.45. The molecule has 3 aromatic rings.